The van der Waals surface area contributed by atoms with Crippen LogP contribution in [0.2, 0.25) is 0 Å². The van der Waals surface area contributed by atoms with Gasteiger partial charge in [0.15, 0.2) is 0 Å². The molecular weight excluding hydrogens is 243 g/mol. The minimum Gasteiger partial charge on any atom is -0.462 e. The first-order valence-corrected chi connectivity index (χ1v) is 7.73. The van der Waals surface area contributed by atoms with Crippen molar-refractivity contribution >= 4 is 5.97 Å². The summed E-state index contributed by atoms with van der Waals surface area (Å²) in [6.07, 6.45) is 3.73. The molecule has 0 amide bonds. The molecule has 2 fully saturated rings. The SMILES string of the molecule is CC(C)CC1(C(=O)OC2CCC(C)CC2)C(C)C1F. The molecule has 110 valence electrons. The number of halogens is 1. The summed E-state index contributed by atoms with van der Waals surface area (Å²) in [7, 11) is 0. The number of ether oxygens (including phenoxy) is 1. The molecule has 19 heavy (non-hydrogen) atoms. The van der Waals surface area contributed by atoms with E-state index in [1.807, 2.05) is 20.8 Å². The van der Waals surface area contributed by atoms with E-state index in [1.54, 1.807) is 0 Å². The van der Waals surface area contributed by atoms with E-state index >= 15 is 0 Å². The van der Waals surface area contributed by atoms with Crippen LogP contribution < -0.4 is 0 Å². The van der Waals surface area contributed by atoms with E-state index in [0.717, 1.165) is 31.6 Å². The van der Waals surface area contributed by atoms with Gasteiger partial charge in [0, 0.05) is 5.92 Å². The Morgan fingerprint density at radius 2 is 1.79 bits per heavy atom. The summed E-state index contributed by atoms with van der Waals surface area (Å²) in [4.78, 5) is 12.4. The van der Waals surface area contributed by atoms with Gasteiger partial charge in [0.25, 0.3) is 0 Å². The Morgan fingerprint density at radius 3 is 2.21 bits per heavy atom. The average Bonchev–Trinajstić information content (AvgIpc) is 2.85. The third kappa shape index (κ3) is 2.80. The lowest BCUT2D eigenvalue weighted by molar-refractivity contribution is -0.159. The highest BCUT2D eigenvalue weighted by Gasteiger charge is 2.69. The van der Waals surface area contributed by atoms with E-state index < -0.39 is 11.6 Å². The van der Waals surface area contributed by atoms with Crippen molar-refractivity contribution in [1.29, 1.82) is 0 Å². The summed E-state index contributed by atoms with van der Waals surface area (Å²) in [5.41, 5.74) is -0.836. The molecule has 0 aromatic carbocycles. The van der Waals surface area contributed by atoms with Crippen molar-refractivity contribution in [2.75, 3.05) is 0 Å². The van der Waals surface area contributed by atoms with Crippen LogP contribution in [0, 0.1) is 23.2 Å². The summed E-state index contributed by atoms with van der Waals surface area (Å²) in [6.45, 7) is 8.14. The van der Waals surface area contributed by atoms with Crippen LogP contribution >= 0.6 is 0 Å². The molecule has 0 spiro atoms. The Bertz CT molecular complexity index is 324. The molecule has 0 aromatic heterocycles. The van der Waals surface area contributed by atoms with E-state index in [9.17, 15) is 9.18 Å². The van der Waals surface area contributed by atoms with Gasteiger partial charge in [0.05, 0.1) is 0 Å². The number of esters is 1. The van der Waals surface area contributed by atoms with Crippen LogP contribution in [0.1, 0.15) is 59.8 Å². The molecule has 3 unspecified atom stereocenters. The van der Waals surface area contributed by atoms with Crippen LogP contribution in [0.4, 0.5) is 4.39 Å². The normalized spacial score (nSPS) is 42.2. The van der Waals surface area contributed by atoms with Crippen LogP contribution in [0.5, 0.6) is 0 Å². The predicted molar refractivity (Wildman–Crippen MR) is 73.5 cm³/mol. The van der Waals surface area contributed by atoms with Crippen LogP contribution in [-0.4, -0.2) is 18.2 Å². The lowest BCUT2D eigenvalue weighted by Gasteiger charge is -2.28. The molecule has 2 rings (SSSR count). The van der Waals surface area contributed by atoms with Crippen molar-refractivity contribution in [2.45, 2.75) is 72.1 Å². The van der Waals surface area contributed by atoms with Crippen molar-refractivity contribution in [1.82, 2.24) is 0 Å². The largest absolute Gasteiger partial charge is 0.462 e. The fraction of sp³-hybridized carbons (Fsp3) is 0.938. The monoisotopic (exact) mass is 270 g/mol. The Hall–Kier alpha value is -0.600. The topological polar surface area (TPSA) is 26.3 Å². The molecule has 2 aliphatic rings. The second kappa shape index (κ2) is 5.41. The zero-order valence-corrected chi connectivity index (χ0v) is 12.6. The molecule has 2 saturated carbocycles. The summed E-state index contributed by atoms with van der Waals surface area (Å²) in [5, 5.41) is 0. The Morgan fingerprint density at radius 1 is 1.26 bits per heavy atom. The average molecular weight is 270 g/mol. The first-order chi connectivity index (χ1) is 8.87. The summed E-state index contributed by atoms with van der Waals surface area (Å²) in [5.74, 6) is 0.598. The standard InChI is InChI=1S/C16H27FO2/c1-10(2)9-16(12(4)14(16)17)15(18)19-13-7-5-11(3)6-8-13/h10-14H,5-9H2,1-4H3. The third-order valence-corrected chi connectivity index (χ3v) is 5.00. The van der Waals surface area contributed by atoms with Crippen molar-refractivity contribution in [3.8, 4) is 0 Å². The van der Waals surface area contributed by atoms with Crippen molar-refractivity contribution in [3.05, 3.63) is 0 Å². The van der Waals surface area contributed by atoms with Gasteiger partial charge in [-0.15, -0.1) is 0 Å². The number of alkyl halides is 1. The van der Waals surface area contributed by atoms with Crippen molar-refractivity contribution in [3.63, 3.8) is 0 Å². The molecule has 2 aliphatic carbocycles. The molecule has 0 heterocycles. The van der Waals surface area contributed by atoms with Crippen molar-refractivity contribution < 1.29 is 13.9 Å². The summed E-state index contributed by atoms with van der Waals surface area (Å²) >= 11 is 0. The maximum atomic E-state index is 14.0. The number of carbonyl (C=O) groups excluding carboxylic acids is 1. The van der Waals surface area contributed by atoms with Gasteiger partial charge in [-0.1, -0.05) is 27.7 Å². The molecule has 0 radical (unpaired) electrons. The molecule has 3 atom stereocenters. The van der Waals surface area contributed by atoms with Gasteiger partial charge in [-0.25, -0.2) is 4.39 Å². The highest BCUT2D eigenvalue weighted by atomic mass is 19.1. The minimum atomic E-state index is -1.01. The second-order valence-electron chi connectivity index (χ2n) is 7.12. The van der Waals surface area contributed by atoms with Gasteiger partial charge >= 0.3 is 5.97 Å². The number of rotatable bonds is 4. The quantitative estimate of drug-likeness (QED) is 0.718. The molecule has 0 aliphatic heterocycles. The van der Waals surface area contributed by atoms with Gasteiger partial charge < -0.3 is 4.74 Å². The van der Waals surface area contributed by atoms with Gasteiger partial charge in [-0.3, -0.25) is 4.79 Å². The van der Waals surface area contributed by atoms with E-state index in [1.165, 1.54) is 0 Å². The van der Waals surface area contributed by atoms with E-state index in [2.05, 4.69) is 6.92 Å². The number of carbonyl (C=O) groups is 1. The van der Waals surface area contributed by atoms with Gasteiger partial charge in [-0.05, 0) is 43.9 Å². The van der Waals surface area contributed by atoms with Crippen molar-refractivity contribution in [2.24, 2.45) is 23.2 Å². The number of hydrogen-bond donors (Lipinski definition) is 0. The lowest BCUT2D eigenvalue weighted by Crippen LogP contribution is -2.31. The van der Waals surface area contributed by atoms with Crippen LogP contribution in [0.25, 0.3) is 0 Å². The molecule has 0 bridgehead atoms. The zero-order valence-electron chi connectivity index (χ0n) is 12.6. The van der Waals surface area contributed by atoms with Crippen LogP contribution in [-0.2, 0) is 9.53 Å². The van der Waals surface area contributed by atoms with Gasteiger partial charge in [0.2, 0.25) is 0 Å². The maximum absolute atomic E-state index is 14.0. The van der Waals surface area contributed by atoms with E-state index in [-0.39, 0.29) is 18.0 Å². The predicted octanol–water partition coefficient (Wildman–Crippen LogP) is 4.13. The first kappa shape index (κ1) is 14.8. The smallest absolute Gasteiger partial charge is 0.315 e. The van der Waals surface area contributed by atoms with Crippen LogP contribution in [0.15, 0.2) is 0 Å². The Labute approximate surface area is 116 Å². The molecule has 0 aromatic rings. The third-order valence-electron chi connectivity index (χ3n) is 5.00. The Kier molecular flexibility index (Phi) is 4.22. The van der Waals surface area contributed by atoms with E-state index in [0.29, 0.717) is 12.3 Å². The highest BCUT2D eigenvalue weighted by Crippen LogP contribution is 2.59. The minimum absolute atomic E-state index is 0.0211. The second-order valence-corrected chi connectivity index (χ2v) is 7.12. The molecular formula is C16H27FO2. The molecule has 2 nitrogen and oxygen atoms in total. The maximum Gasteiger partial charge on any atom is 0.315 e. The Balaban J connectivity index is 1.94. The fourth-order valence-corrected chi connectivity index (χ4v) is 3.54. The highest BCUT2D eigenvalue weighted by molar-refractivity contribution is 5.82. The first-order valence-electron chi connectivity index (χ1n) is 7.73. The summed E-state index contributed by atoms with van der Waals surface area (Å²) in [6, 6.07) is 0. The molecule has 0 N–H and O–H groups in total. The van der Waals surface area contributed by atoms with Crippen LogP contribution in [0.3, 0.4) is 0 Å². The van der Waals surface area contributed by atoms with Gasteiger partial charge in [0.1, 0.15) is 17.7 Å². The lowest BCUT2D eigenvalue weighted by atomic mass is 9.88. The zero-order chi connectivity index (χ0) is 14.2. The molecule has 3 heteroatoms. The fourth-order valence-electron chi connectivity index (χ4n) is 3.54. The number of hydrogen-bond acceptors (Lipinski definition) is 2. The van der Waals surface area contributed by atoms with Gasteiger partial charge in [-0.2, -0.15) is 0 Å². The summed E-state index contributed by atoms with van der Waals surface area (Å²) < 4.78 is 19.6. The molecule has 0 saturated heterocycles. The van der Waals surface area contributed by atoms with E-state index in [4.69, 9.17) is 4.74 Å².